The lowest BCUT2D eigenvalue weighted by molar-refractivity contribution is -0.170. The topological polar surface area (TPSA) is 170 Å². The van der Waals surface area contributed by atoms with Gasteiger partial charge in [0, 0.05) is 38.7 Å². The Morgan fingerprint density at radius 3 is 2.33 bits per heavy atom. The van der Waals surface area contributed by atoms with Gasteiger partial charge >= 0.3 is 18.0 Å². The molecule has 0 radical (unpaired) electrons. The summed E-state index contributed by atoms with van der Waals surface area (Å²) in [6.07, 6.45) is 0.177. The summed E-state index contributed by atoms with van der Waals surface area (Å²) in [7, 11) is 0. The van der Waals surface area contributed by atoms with Gasteiger partial charge in [-0.25, -0.2) is 14.0 Å². The Morgan fingerprint density at radius 1 is 1.07 bits per heavy atom. The second-order valence-electron chi connectivity index (χ2n) is 10.5. The van der Waals surface area contributed by atoms with Gasteiger partial charge in [-0.05, 0) is 51.7 Å². The number of carbonyl (C=O) groups excluding carboxylic acids is 4. The molecular weight excluding hydrogens is 617 g/mol. The molecule has 0 unspecified atom stereocenters. The van der Waals surface area contributed by atoms with Crippen molar-refractivity contribution in [3.8, 4) is 11.6 Å². The maximum atomic E-state index is 15.1. The quantitative estimate of drug-likeness (QED) is 0.325. The second kappa shape index (κ2) is 14.6. The number of hydrogen-bond donors (Lipinski definition) is 2. The van der Waals surface area contributed by atoms with Gasteiger partial charge in [-0.15, -0.1) is 0 Å². The van der Waals surface area contributed by atoms with Gasteiger partial charge in [-0.1, -0.05) is 17.7 Å². The monoisotopic (exact) mass is 651 g/mol. The highest BCUT2D eigenvalue weighted by Gasteiger charge is 2.49. The van der Waals surface area contributed by atoms with E-state index in [1.165, 1.54) is 34.1 Å². The highest BCUT2D eigenvalue weighted by Crippen LogP contribution is 2.39. The van der Waals surface area contributed by atoms with E-state index in [0.29, 0.717) is 19.3 Å². The van der Waals surface area contributed by atoms with Crippen LogP contribution in [0.1, 0.15) is 56.4 Å². The molecule has 16 heteroatoms. The fraction of sp³-hybridized carbons (Fsp3) is 0.517. The van der Waals surface area contributed by atoms with Gasteiger partial charge in [-0.2, -0.15) is 9.78 Å². The normalized spacial score (nSPS) is 16.3. The predicted molar refractivity (Wildman–Crippen MR) is 156 cm³/mol. The Morgan fingerprint density at radius 2 is 1.73 bits per heavy atom. The first kappa shape index (κ1) is 33.5. The fourth-order valence-electron chi connectivity index (χ4n) is 4.99. The highest BCUT2D eigenvalue weighted by atomic mass is 35.5. The summed E-state index contributed by atoms with van der Waals surface area (Å²) in [6.45, 7) is 4.34. The Kier molecular flexibility index (Phi) is 10.9. The number of esters is 1. The number of aliphatic carboxylic acids is 1. The van der Waals surface area contributed by atoms with Gasteiger partial charge < -0.3 is 34.4 Å². The molecule has 1 saturated heterocycles. The first-order chi connectivity index (χ1) is 21.5. The van der Waals surface area contributed by atoms with Crippen molar-refractivity contribution in [2.24, 2.45) is 0 Å². The maximum absolute atomic E-state index is 15.1. The molecule has 244 valence electrons. The zero-order valence-electron chi connectivity index (χ0n) is 24.9. The third-order valence-electron chi connectivity index (χ3n) is 7.54. The average molecular weight is 652 g/mol. The standard InChI is InChI=1S/C29H35ClFN5O9/c1-3-43-27(41)29(11-6-12-29)45-22-17-20(33-36(22)21-8-5-7-18(30)24(21)31)25(39)32-19(9-10-23(37)38)26(40)34-13-15-35(16-14-34)28(42)44-4-2/h5,7-8,17,19H,3-4,6,9-16H2,1-2H3,(H,32,39)(H,37,38)/t19-/m0/s1. The first-order valence-electron chi connectivity index (χ1n) is 14.6. The number of hydrogen-bond acceptors (Lipinski definition) is 9. The van der Waals surface area contributed by atoms with Crippen LogP contribution < -0.4 is 10.1 Å². The van der Waals surface area contributed by atoms with E-state index < -0.39 is 53.7 Å². The van der Waals surface area contributed by atoms with E-state index in [1.807, 2.05) is 0 Å². The summed E-state index contributed by atoms with van der Waals surface area (Å²) < 4.78 is 32.4. The van der Waals surface area contributed by atoms with Crippen molar-refractivity contribution in [2.45, 2.75) is 57.6 Å². The van der Waals surface area contributed by atoms with Crippen LogP contribution in [0, 0.1) is 5.82 Å². The maximum Gasteiger partial charge on any atom is 0.409 e. The predicted octanol–water partition coefficient (Wildman–Crippen LogP) is 2.79. The van der Waals surface area contributed by atoms with E-state index in [4.69, 9.17) is 25.8 Å². The minimum absolute atomic E-state index is 0.115. The molecule has 14 nitrogen and oxygen atoms in total. The molecule has 1 aromatic heterocycles. The SMILES string of the molecule is CCOC(=O)N1CCN(C(=O)[C@H](CCC(=O)O)NC(=O)c2cc(OC3(C(=O)OCC)CCC3)n(-c3cccc(Cl)c3F)n2)CC1. The molecule has 2 aliphatic rings. The average Bonchev–Trinajstić information content (AvgIpc) is 3.41. The van der Waals surface area contributed by atoms with Crippen LogP contribution in [-0.4, -0.2) is 106 Å². The number of amides is 3. The number of aromatic nitrogens is 2. The molecule has 4 rings (SSSR count). The van der Waals surface area contributed by atoms with Crippen molar-refractivity contribution in [1.82, 2.24) is 24.9 Å². The summed E-state index contributed by atoms with van der Waals surface area (Å²) in [5.74, 6) is -4.18. The van der Waals surface area contributed by atoms with Crippen molar-refractivity contribution < 1.29 is 47.7 Å². The van der Waals surface area contributed by atoms with Crippen LogP contribution >= 0.6 is 11.6 Å². The zero-order valence-corrected chi connectivity index (χ0v) is 25.7. The number of carboxylic acids is 1. The van der Waals surface area contributed by atoms with Crippen LogP contribution in [-0.2, 0) is 23.9 Å². The minimum atomic E-state index is -1.36. The van der Waals surface area contributed by atoms with E-state index in [0.717, 1.165) is 4.68 Å². The van der Waals surface area contributed by atoms with Gasteiger partial charge in [0.2, 0.25) is 17.4 Å². The second-order valence-corrected chi connectivity index (χ2v) is 10.9. The smallest absolute Gasteiger partial charge is 0.409 e. The molecule has 0 spiro atoms. The molecular formula is C29H35ClFN5O9. The Balaban J connectivity index is 1.59. The van der Waals surface area contributed by atoms with Gasteiger partial charge in [0.1, 0.15) is 11.7 Å². The lowest BCUT2D eigenvalue weighted by Crippen LogP contribution is -2.56. The van der Waals surface area contributed by atoms with Crippen molar-refractivity contribution in [1.29, 1.82) is 0 Å². The van der Waals surface area contributed by atoms with Crippen molar-refractivity contribution in [3.63, 3.8) is 0 Å². The molecule has 2 fully saturated rings. The molecule has 1 aliphatic carbocycles. The number of ether oxygens (including phenoxy) is 3. The molecule has 2 heterocycles. The summed E-state index contributed by atoms with van der Waals surface area (Å²) in [5.41, 5.74) is -1.81. The number of nitrogens with zero attached hydrogens (tertiary/aromatic N) is 4. The lowest BCUT2D eigenvalue weighted by atomic mass is 9.80. The lowest BCUT2D eigenvalue weighted by Gasteiger charge is -2.38. The van der Waals surface area contributed by atoms with Crippen molar-refractivity contribution >= 4 is 41.4 Å². The number of carbonyl (C=O) groups is 5. The number of piperazine rings is 1. The summed E-state index contributed by atoms with van der Waals surface area (Å²) >= 11 is 6.00. The van der Waals surface area contributed by atoms with Crippen LogP contribution in [0.25, 0.3) is 5.69 Å². The molecule has 0 bridgehead atoms. The summed E-state index contributed by atoms with van der Waals surface area (Å²) in [6, 6.07) is 4.10. The number of rotatable bonds is 12. The Labute approximate surface area is 263 Å². The van der Waals surface area contributed by atoms with Gasteiger partial charge in [-0.3, -0.25) is 14.4 Å². The van der Waals surface area contributed by atoms with E-state index in [1.54, 1.807) is 13.8 Å². The Hall–Kier alpha value is -4.40. The summed E-state index contributed by atoms with van der Waals surface area (Å²) in [5, 5.41) is 15.8. The van der Waals surface area contributed by atoms with Crippen LogP contribution in [0.5, 0.6) is 5.88 Å². The van der Waals surface area contributed by atoms with Gasteiger partial charge in [0.05, 0.1) is 18.2 Å². The van der Waals surface area contributed by atoms with Gasteiger partial charge in [0.15, 0.2) is 11.5 Å². The number of carboxylic acid groups (broad SMARTS) is 1. The molecule has 45 heavy (non-hydrogen) atoms. The van der Waals surface area contributed by atoms with Crippen molar-refractivity contribution in [2.75, 3.05) is 39.4 Å². The highest BCUT2D eigenvalue weighted by molar-refractivity contribution is 6.30. The van der Waals surface area contributed by atoms with E-state index >= 15 is 4.39 Å². The molecule has 2 aromatic rings. The number of benzene rings is 1. The minimum Gasteiger partial charge on any atom is -0.481 e. The largest absolute Gasteiger partial charge is 0.481 e. The summed E-state index contributed by atoms with van der Waals surface area (Å²) in [4.78, 5) is 66.0. The van der Waals surface area contributed by atoms with E-state index in [9.17, 15) is 29.1 Å². The Bertz CT molecular complexity index is 1440. The van der Waals surface area contributed by atoms with Gasteiger partial charge in [0.25, 0.3) is 5.91 Å². The molecule has 1 saturated carbocycles. The molecule has 3 amide bonds. The van der Waals surface area contributed by atoms with E-state index in [-0.39, 0.29) is 68.1 Å². The third kappa shape index (κ3) is 7.64. The van der Waals surface area contributed by atoms with E-state index in [2.05, 4.69) is 10.4 Å². The number of halogens is 2. The van der Waals surface area contributed by atoms with Crippen LogP contribution in [0.3, 0.4) is 0 Å². The molecule has 1 atom stereocenters. The fourth-order valence-corrected chi connectivity index (χ4v) is 5.16. The van der Waals surface area contributed by atoms with Crippen molar-refractivity contribution in [3.05, 3.63) is 40.8 Å². The molecule has 2 N–H and O–H groups in total. The molecule has 1 aromatic carbocycles. The van der Waals surface area contributed by atoms with Crippen LogP contribution in [0.4, 0.5) is 9.18 Å². The molecule has 1 aliphatic heterocycles. The first-order valence-corrected chi connectivity index (χ1v) is 15.0. The van der Waals surface area contributed by atoms with Crippen LogP contribution in [0.2, 0.25) is 5.02 Å². The van der Waals surface area contributed by atoms with Crippen LogP contribution in [0.15, 0.2) is 24.3 Å². The zero-order chi connectivity index (χ0) is 32.7. The number of nitrogens with one attached hydrogen (secondary N) is 1. The third-order valence-corrected chi connectivity index (χ3v) is 7.84.